The predicted molar refractivity (Wildman–Crippen MR) is 47.7 cm³/mol. The van der Waals surface area contributed by atoms with Gasteiger partial charge in [0.2, 0.25) is 0 Å². The van der Waals surface area contributed by atoms with E-state index in [1.54, 1.807) is 0 Å². The van der Waals surface area contributed by atoms with Crippen LogP contribution in [0.2, 0.25) is 0 Å². The average Bonchev–Trinajstić information content (AvgIpc) is 1.69. The maximum atomic E-state index is 2.28. The summed E-state index contributed by atoms with van der Waals surface area (Å²) in [6.07, 6.45) is 0. The van der Waals surface area contributed by atoms with Crippen molar-refractivity contribution in [1.82, 2.24) is 0 Å². The van der Waals surface area contributed by atoms with Gasteiger partial charge < -0.3 is 0 Å². The summed E-state index contributed by atoms with van der Waals surface area (Å²) in [6.45, 7) is 0. The second-order valence-corrected chi connectivity index (χ2v) is 2.54. The number of hydrogen-bond acceptors (Lipinski definition) is 0. The Morgan fingerprint density at radius 1 is 1.00 bits per heavy atom. The van der Waals surface area contributed by atoms with E-state index in [1.165, 1.54) is 3.57 Å². The Balaban J connectivity index is 0.000000490. The van der Waals surface area contributed by atoms with Gasteiger partial charge in [-0.1, -0.05) is 18.2 Å². The summed E-state index contributed by atoms with van der Waals surface area (Å²) in [6, 6.07) is 10.2. The molecule has 0 N–H and O–H groups in total. The summed E-state index contributed by atoms with van der Waals surface area (Å²) >= 11 is 2.28. The molecule has 2 heteroatoms. The molecule has 1 rings (SSSR count). The predicted octanol–water partition coefficient (Wildman–Crippen LogP) is 1.37. The van der Waals surface area contributed by atoms with Gasteiger partial charge in [0.05, 0.1) is 0 Å². The van der Waals surface area contributed by atoms with Crippen LogP contribution in [0, 0.1) is 3.57 Å². The molecule has 0 aliphatic rings. The van der Waals surface area contributed by atoms with Gasteiger partial charge in [-0.2, -0.15) is 0 Å². The molecule has 0 saturated carbocycles. The van der Waals surface area contributed by atoms with E-state index >= 15 is 0 Å². The molecule has 0 spiro atoms. The van der Waals surface area contributed by atoms with Crippen LogP contribution in [-0.4, -0.2) is 48.9 Å². The zero-order valence-electron chi connectivity index (χ0n) is 3.76. The molecule has 1 aromatic carbocycles. The third-order valence-electron chi connectivity index (χ3n) is 0.733. The van der Waals surface area contributed by atoms with Crippen molar-refractivity contribution in [3.05, 3.63) is 33.9 Å². The van der Waals surface area contributed by atoms with E-state index < -0.39 is 0 Å². The first-order valence-corrected chi connectivity index (χ1v) is 3.18. The first-order chi connectivity index (χ1) is 3.39. The molecule has 0 amide bonds. The van der Waals surface area contributed by atoms with E-state index in [-0.39, 0.29) is 48.9 Å². The summed E-state index contributed by atoms with van der Waals surface area (Å²) in [4.78, 5) is 0. The Morgan fingerprint density at radius 2 is 1.50 bits per heavy atom. The van der Waals surface area contributed by atoms with Crippen LogP contribution >= 0.6 is 22.6 Å². The standard InChI is InChI=1S/C6H5I.Ba.2H/c7-6-4-2-1-3-5-6;;;/h1-5H;;;. The summed E-state index contributed by atoms with van der Waals surface area (Å²) < 4.78 is 1.29. The first kappa shape index (κ1) is 9.52. The normalized spacial score (nSPS) is 7.62. The zero-order chi connectivity index (χ0) is 5.11. The van der Waals surface area contributed by atoms with Gasteiger partial charge in [-0.15, -0.1) is 0 Å². The van der Waals surface area contributed by atoms with Gasteiger partial charge in [-0.05, 0) is 34.7 Å². The van der Waals surface area contributed by atoms with Crippen LogP contribution in [0.15, 0.2) is 30.3 Å². The minimum atomic E-state index is 0. The van der Waals surface area contributed by atoms with Gasteiger partial charge in [-0.25, -0.2) is 0 Å². The number of rotatable bonds is 0. The summed E-state index contributed by atoms with van der Waals surface area (Å²) in [5, 5.41) is 0. The fourth-order valence-corrected chi connectivity index (χ4v) is 0.830. The van der Waals surface area contributed by atoms with Gasteiger partial charge in [0.15, 0.2) is 0 Å². The number of halogens is 1. The van der Waals surface area contributed by atoms with Crippen LogP contribution in [0.3, 0.4) is 0 Å². The van der Waals surface area contributed by atoms with E-state index in [4.69, 9.17) is 0 Å². The Labute approximate surface area is 103 Å². The second-order valence-electron chi connectivity index (χ2n) is 1.30. The van der Waals surface area contributed by atoms with Crippen molar-refractivity contribution in [3.8, 4) is 0 Å². The fraction of sp³-hybridized carbons (Fsp3) is 0. The molecule has 0 aliphatic heterocycles. The van der Waals surface area contributed by atoms with E-state index in [0.717, 1.165) is 0 Å². The molecule has 0 nitrogen and oxygen atoms in total. The quantitative estimate of drug-likeness (QED) is 0.493. The van der Waals surface area contributed by atoms with Crippen LogP contribution in [-0.2, 0) is 0 Å². The van der Waals surface area contributed by atoms with Crippen molar-refractivity contribution in [2.75, 3.05) is 0 Å². The van der Waals surface area contributed by atoms with Crippen molar-refractivity contribution in [3.63, 3.8) is 0 Å². The number of benzene rings is 1. The molecule has 0 radical (unpaired) electrons. The van der Waals surface area contributed by atoms with Gasteiger partial charge in [-0.3, -0.25) is 0 Å². The summed E-state index contributed by atoms with van der Waals surface area (Å²) in [7, 11) is 0. The second kappa shape index (κ2) is 5.32. The molecule has 0 aliphatic carbocycles. The Hall–Kier alpha value is 1.52. The fourth-order valence-electron chi connectivity index (χ4n) is 0.415. The Bertz CT molecular complexity index is 138. The van der Waals surface area contributed by atoms with Gasteiger partial charge >= 0.3 is 48.9 Å². The first-order valence-electron chi connectivity index (χ1n) is 2.10. The van der Waals surface area contributed by atoms with Crippen LogP contribution in [0.25, 0.3) is 0 Å². The molecule has 8 heavy (non-hydrogen) atoms. The summed E-state index contributed by atoms with van der Waals surface area (Å²) in [5.74, 6) is 0. The van der Waals surface area contributed by atoms with Crippen molar-refractivity contribution >= 4 is 71.5 Å². The molecule has 0 saturated heterocycles. The van der Waals surface area contributed by atoms with Crippen LogP contribution in [0.1, 0.15) is 0 Å². The monoisotopic (exact) mass is 344 g/mol. The molecular formula is C6H7BaI. The van der Waals surface area contributed by atoms with Crippen LogP contribution < -0.4 is 0 Å². The van der Waals surface area contributed by atoms with E-state index in [0.29, 0.717) is 0 Å². The van der Waals surface area contributed by atoms with Crippen LogP contribution in [0.4, 0.5) is 0 Å². The van der Waals surface area contributed by atoms with Crippen molar-refractivity contribution in [2.45, 2.75) is 0 Å². The molecule has 0 unspecified atom stereocenters. The Kier molecular flexibility index (Phi) is 6.33. The number of hydrogen-bond donors (Lipinski definition) is 0. The van der Waals surface area contributed by atoms with E-state index in [2.05, 4.69) is 34.7 Å². The van der Waals surface area contributed by atoms with Crippen molar-refractivity contribution in [1.29, 1.82) is 0 Å². The van der Waals surface area contributed by atoms with E-state index in [1.807, 2.05) is 18.2 Å². The molecule has 0 aromatic heterocycles. The molecular weight excluding hydrogens is 336 g/mol. The third-order valence-corrected chi connectivity index (χ3v) is 1.45. The minimum absolute atomic E-state index is 0. The molecule has 1 aromatic rings. The molecule has 0 heterocycles. The molecule has 40 valence electrons. The van der Waals surface area contributed by atoms with Gasteiger partial charge in [0, 0.05) is 3.57 Å². The van der Waals surface area contributed by atoms with Crippen molar-refractivity contribution in [2.24, 2.45) is 0 Å². The molecule has 0 bridgehead atoms. The topological polar surface area (TPSA) is 0 Å². The van der Waals surface area contributed by atoms with Gasteiger partial charge in [0.1, 0.15) is 0 Å². The Morgan fingerprint density at radius 3 is 1.75 bits per heavy atom. The maximum absolute atomic E-state index is 2.28. The van der Waals surface area contributed by atoms with Gasteiger partial charge in [0.25, 0.3) is 0 Å². The zero-order valence-corrected chi connectivity index (χ0v) is 5.92. The molecule has 0 fully saturated rings. The average molecular weight is 343 g/mol. The van der Waals surface area contributed by atoms with Crippen molar-refractivity contribution < 1.29 is 0 Å². The summed E-state index contributed by atoms with van der Waals surface area (Å²) in [5.41, 5.74) is 0. The SMILES string of the molecule is Ic1ccccc1.[BaH2]. The third kappa shape index (κ3) is 3.53. The van der Waals surface area contributed by atoms with E-state index in [9.17, 15) is 0 Å². The van der Waals surface area contributed by atoms with Crippen LogP contribution in [0.5, 0.6) is 0 Å². The molecule has 0 atom stereocenters.